The summed E-state index contributed by atoms with van der Waals surface area (Å²) in [5, 5.41) is 3.57. The Hall–Kier alpha value is -0.570. The summed E-state index contributed by atoms with van der Waals surface area (Å²) in [5.74, 6) is -0.198. The third-order valence-corrected chi connectivity index (χ3v) is 4.16. The van der Waals surface area contributed by atoms with Gasteiger partial charge in [0.15, 0.2) is 0 Å². The molecule has 2 atom stereocenters. The Morgan fingerprint density at radius 2 is 1.82 bits per heavy atom. The van der Waals surface area contributed by atoms with Gasteiger partial charge in [-0.25, -0.2) is 0 Å². The summed E-state index contributed by atoms with van der Waals surface area (Å²) in [6.45, 7) is 8.67. The fourth-order valence-corrected chi connectivity index (χ4v) is 2.47. The van der Waals surface area contributed by atoms with Gasteiger partial charge in [0.25, 0.3) is 0 Å². The number of nitrogens with one attached hydrogen (secondary N) is 1. The molecule has 1 rings (SSSR count). The molecule has 1 aliphatic rings. The SMILES string of the molecule is COC(=O)C(C)C(C)NC1CCC(C)(C)CC1. The molecule has 0 radical (unpaired) electrons. The summed E-state index contributed by atoms with van der Waals surface area (Å²) in [7, 11) is 1.45. The molecule has 0 heterocycles. The molecule has 0 aromatic rings. The van der Waals surface area contributed by atoms with E-state index in [1.807, 2.05) is 6.92 Å². The van der Waals surface area contributed by atoms with Gasteiger partial charge in [-0.15, -0.1) is 0 Å². The van der Waals surface area contributed by atoms with E-state index in [0.29, 0.717) is 11.5 Å². The normalized spacial score (nSPS) is 24.1. The second-order valence-electron chi connectivity index (χ2n) is 6.21. The van der Waals surface area contributed by atoms with Gasteiger partial charge >= 0.3 is 5.97 Å². The predicted octanol–water partition coefficient (Wildman–Crippen LogP) is 2.74. The van der Waals surface area contributed by atoms with Crippen LogP contribution in [0.15, 0.2) is 0 Å². The fraction of sp³-hybridized carbons (Fsp3) is 0.929. The number of hydrogen-bond donors (Lipinski definition) is 1. The Balaban J connectivity index is 2.37. The van der Waals surface area contributed by atoms with Crippen LogP contribution in [0, 0.1) is 11.3 Å². The summed E-state index contributed by atoms with van der Waals surface area (Å²) in [6.07, 6.45) is 4.96. The van der Waals surface area contributed by atoms with Crippen molar-refractivity contribution < 1.29 is 9.53 Å². The maximum Gasteiger partial charge on any atom is 0.309 e. The molecule has 0 aliphatic heterocycles. The lowest BCUT2D eigenvalue weighted by Gasteiger charge is -2.36. The number of esters is 1. The second-order valence-corrected chi connectivity index (χ2v) is 6.21. The first-order valence-electron chi connectivity index (χ1n) is 6.69. The van der Waals surface area contributed by atoms with Crippen LogP contribution >= 0.6 is 0 Å². The largest absolute Gasteiger partial charge is 0.469 e. The monoisotopic (exact) mass is 241 g/mol. The zero-order valence-electron chi connectivity index (χ0n) is 11.9. The molecule has 3 nitrogen and oxygen atoms in total. The van der Waals surface area contributed by atoms with E-state index in [1.165, 1.54) is 32.8 Å². The Morgan fingerprint density at radius 3 is 2.29 bits per heavy atom. The first-order valence-corrected chi connectivity index (χ1v) is 6.69. The number of ether oxygens (including phenoxy) is 1. The van der Waals surface area contributed by atoms with Crippen LogP contribution < -0.4 is 5.32 Å². The molecule has 0 aromatic carbocycles. The standard InChI is InChI=1S/C14H27NO2/c1-10(13(16)17-5)11(2)15-12-6-8-14(3,4)9-7-12/h10-12,15H,6-9H2,1-5H3. The molecule has 0 saturated heterocycles. The summed E-state index contributed by atoms with van der Waals surface area (Å²) < 4.78 is 4.78. The van der Waals surface area contributed by atoms with Crippen LogP contribution in [-0.2, 0) is 9.53 Å². The zero-order valence-corrected chi connectivity index (χ0v) is 11.9. The number of rotatable bonds is 4. The number of methoxy groups -OCH3 is 1. The molecule has 3 heteroatoms. The smallest absolute Gasteiger partial charge is 0.309 e. The predicted molar refractivity (Wildman–Crippen MR) is 69.8 cm³/mol. The van der Waals surface area contributed by atoms with Crippen LogP contribution in [-0.4, -0.2) is 25.2 Å². The highest BCUT2D eigenvalue weighted by Gasteiger charge is 2.29. The molecule has 17 heavy (non-hydrogen) atoms. The van der Waals surface area contributed by atoms with Crippen LogP contribution in [0.3, 0.4) is 0 Å². The van der Waals surface area contributed by atoms with Crippen LogP contribution in [0.4, 0.5) is 0 Å². The maximum atomic E-state index is 11.4. The Labute approximate surface area is 105 Å². The minimum atomic E-state index is -0.124. The van der Waals surface area contributed by atoms with Gasteiger partial charge in [-0.2, -0.15) is 0 Å². The molecule has 0 spiro atoms. The highest BCUT2D eigenvalue weighted by atomic mass is 16.5. The van der Waals surface area contributed by atoms with Gasteiger partial charge in [0.05, 0.1) is 13.0 Å². The molecule has 1 aliphatic carbocycles. The third kappa shape index (κ3) is 4.30. The second kappa shape index (κ2) is 5.85. The van der Waals surface area contributed by atoms with E-state index in [2.05, 4.69) is 26.1 Å². The van der Waals surface area contributed by atoms with Gasteiger partial charge < -0.3 is 10.1 Å². The van der Waals surface area contributed by atoms with Crippen molar-refractivity contribution in [1.29, 1.82) is 0 Å². The molecule has 100 valence electrons. The molecule has 1 saturated carbocycles. The number of carbonyl (C=O) groups is 1. The summed E-state index contributed by atoms with van der Waals surface area (Å²) in [5.41, 5.74) is 0.495. The van der Waals surface area contributed by atoms with Gasteiger partial charge in [-0.05, 0) is 38.0 Å². The van der Waals surface area contributed by atoms with Crippen molar-refractivity contribution in [3.05, 3.63) is 0 Å². The molecule has 1 N–H and O–H groups in total. The van der Waals surface area contributed by atoms with Gasteiger partial charge in [0.2, 0.25) is 0 Å². The van der Waals surface area contributed by atoms with E-state index < -0.39 is 0 Å². The first kappa shape index (κ1) is 14.5. The summed E-state index contributed by atoms with van der Waals surface area (Å²) in [6, 6.07) is 0.749. The molecule has 0 aromatic heterocycles. The quantitative estimate of drug-likeness (QED) is 0.769. The van der Waals surface area contributed by atoms with E-state index in [1.54, 1.807) is 0 Å². The minimum Gasteiger partial charge on any atom is -0.469 e. The van der Waals surface area contributed by atoms with Crippen molar-refractivity contribution in [1.82, 2.24) is 5.32 Å². The third-order valence-electron chi connectivity index (χ3n) is 4.16. The van der Waals surface area contributed by atoms with Crippen LogP contribution in [0.1, 0.15) is 53.4 Å². The van der Waals surface area contributed by atoms with Crippen LogP contribution in [0.25, 0.3) is 0 Å². The van der Waals surface area contributed by atoms with E-state index >= 15 is 0 Å². The van der Waals surface area contributed by atoms with Gasteiger partial charge in [-0.1, -0.05) is 20.8 Å². The Kier molecular flexibility index (Phi) is 4.99. The summed E-state index contributed by atoms with van der Waals surface area (Å²) in [4.78, 5) is 11.4. The fourth-order valence-electron chi connectivity index (χ4n) is 2.47. The molecule has 2 unspecified atom stereocenters. The van der Waals surface area contributed by atoms with Crippen molar-refractivity contribution in [2.24, 2.45) is 11.3 Å². The lowest BCUT2D eigenvalue weighted by molar-refractivity contribution is -0.145. The van der Waals surface area contributed by atoms with Crippen LogP contribution in [0.5, 0.6) is 0 Å². The lowest BCUT2D eigenvalue weighted by atomic mass is 9.75. The number of hydrogen-bond acceptors (Lipinski definition) is 3. The number of carbonyl (C=O) groups excluding carboxylic acids is 1. The van der Waals surface area contributed by atoms with E-state index in [-0.39, 0.29) is 17.9 Å². The minimum absolute atomic E-state index is 0.0741. The van der Waals surface area contributed by atoms with Gasteiger partial charge in [0.1, 0.15) is 0 Å². The average molecular weight is 241 g/mol. The topological polar surface area (TPSA) is 38.3 Å². The van der Waals surface area contributed by atoms with Crippen molar-refractivity contribution in [2.45, 2.75) is 65.5 Å². The highest BCUT2D eigenvalue weighted by Crippen LogP contribution is 2.35. The van der Waals surface area contributed by atoms with E-state index in [4.69, 9.17) is 4.74 Å². The van der Waals surface area contributed by atoms with Crippen molar-refractivity contribution >= 4 is 5.97 Å². The average Bonchev–Trinajstić information content (AvgIpc) is 2.29. The molecule has 0 amide bonds. The zero-order chi connectivity index (χ0) is 13.1. The lowest BCUT2D eigenvalue weighted by Crippen LogP contribution is -2.45. The maximum absolute atomic E-state index is 11.4. The van der Waals surface area contributed by atoms with Crippen molar-refractivity contribution in [2.75, 3.05) is 7.11 Å². The molecular weight excluding hydrogens is 214 g/mol. The van der Waals surface area contributed by atoms with E-state index in [9.17, 15) is 4.79 Å². The Bertz CT molecular complexity index is 253. The highest BCUT2D eigenvalue weighted by molar-refractivity contribution is 5.72. The van der Waals surface area contributed by atoms with Crippen molar-refractivity contribution in [3.8, 4) is 0 Å². The van der Waals surface area contributed by atoms with E-state index in [0.717, 1.165) is 0 Å². The first-order chi connectivity index (χ1) is 7.85. The summed E-state index contributed by atoms with van der Waals surface area (Å²) >= 11 is 0. The van der Waals surface area contributed by atoms with Crippen LogP contribution in [0.2, 0.25) is 0 Å². The van der Waals surface area contributed by atoms with Gasteiger partial charge in [-0.3, -0.25) is 4.79 Å². The van der Waals surface area contributed by atoms with Gasteiger partial charge in [0, 0.05) is 12.1 Å². The molecular formula is C14H27NO2. The Morgan fingerprint density at radius 1 is 1.29 bits per heavy atom. The van der Waals surface area contributed by atoms with Crippen molar-refractivity contribution in [3.63, 3.8) is 0 Å². The molecule has 1 fully saturated rings. The molecule has 0 bridgehead atoms.